The van der Waals surface area contributed by atoms with E-state index in [4.69, 9.17) is 15.3 Å². The summed E-state index contributed by atoms with van der Waals surface area (Å²) in [6.45, 7) is 4.08. The molecule has 0 saturated heterocycles. The predicted octanol–water partition coefficient (Wildman–Crippen LogP) is 2.30. The fraction of sp³-hybridized carbons (Fsp3) is 0.429. The number of methoxy groups -OCH3 is 1. The number of ether oxygens (including phenoxy) is 1. The second kappa shape index (κ2) is 7.32. The molecule has 0 N–H and O–H groups in total. The Labute approximate surface area is 108 Å². The van der Waals surface area contributed by atoms with Crippen LogP contribution in [0.15, 0.2) is 18.2 Å². The topological polar surface area (TPSA) is 60.0 Å². The van der Waals surface area contributed by atoms with Gasteiger partial charge in [-0.15, -0.1) is 0 Å². The van der Waals surface area contributed by atoms with Gasteiger partial charge in [-0.1, -0.05) is 13.0 Å². The van der Waals surface area contributed by atoms with Crippen LogP contribution in [0.4, 0.5) is 0 Å². The summed E-state index contributed by atoms with van der Waals surface area (Å²) < 4.78 is 5.17. The lowest BCUT2D eigenvalue weighted by Crippen LogP contribution is -2.24. The summed E-state index contributed by atoms with van der Waals surface area (Å²) in [6.07, 6.45) is 1.01. The maximum absolute atomic E-state index is 8.91. The van der Waals surface area contributed by atoms with E-state index in [2.05, 4.69) is 24.0 Å². The van der Waals surface area contributed by atoms with Crippen molar-refractivity contribution in [2.75, 3.05) is 20.2 Å². The van der Waals surface area contributed by atoms with Gasteiger partial charge in [0.1, 0.15) is 11.8 Å². The van der Waals surface area contributed by atoms with Crippen LogP contribution in [0.5, 0.6) is 5.75 Å². The summed E-state index contributed by atoms with van der Waals surface area (Å²) in [5.74, 6) is 0.586. The largest absolute Gasteiger partial charge is 0.495 e. The molecule has 4 heteroatoms. The summed E-state index contributed by atoms with van der Waals surface area (Å²) in [4.78, 5) is 2.07. The van der Waals surface area contributed by atoms with Crippen molar-refractivity contribution in [3.05, 3.63) is 29.3 Å². The molecule has 0 fully saturated rings. The fourth-order valence-corrected chi connectivity index (χ4v) is 1.81. The van der Waals surface area contributed by atoms with Crippen molar-refractivity contribution in [1.29, 1.82) is 10.5 Å². The van der Waals surface area contributed by atoms with Crippen LogP contribution in [0.25, 0.3) is 0 Å². The van der Waals surface area contributed by atoms with E-state index < -0.39 is 0 Å². The van der Waals surface area contributed by atoms with E-state index in [-0.39, 0.29) is 0 Å². The number of hydrogen-bond donors (Lipinski definition) is 0. The molecule has 1 aromatic carbocycles. The van der Waals surface area contributed by atoms with Gasteiger partial charge in [-0.3, -0.25) is 4.90 Å². The quantitative estimate of drug-likeness (QED) is 0.719. The first-order valence-electron chi connectivity index (χ1n) is 5.91. The summed E-state index contributed by atoms with van der Waals surface area (Å²) in [5, 5.41) is 17.7. The zero-order chi connectivity index (χ0) is 13.4. The number of benzene rings is 1. The van der Waals surface area contributed by atoms with E-state index in [0.29, 0.717) is 24.4 Å². The van der Waals surface area contributed by atoms with Gasteiger partial charge in [-0.05, 0) is 30.7 Å². The van der Waals surface area contributed by atoms with Gasteiger partial charge in [0.2, 0.25) is 0 Å². The molecule has 0 amide bonds. The minimum atomic E-state index is 0.413. The highest BCUT2D eigenvalue weighted by molar-refractivity contribution is 5.45. The van der Waals surface area contributed by atoms with Gasteiger partial charge >= 0.3 is 0 Å². The molecule has 1 rings (SSSR count). The minimum absolute atomic E-state index is 0.413. The van der Waals surface area contributed by atoms with E-state index in [1.165, 1.54) is 0 Å². The number of nitriles is 2. The SMILES string of the molecule is CCCN(CC#N)Cc1ccc(C#N)c(OC)c1. The Morgan fingerprint density at radius 3 is 2.67 bits per heavy atom. The lowest BCUT2D eigenvalue weighted by atomic mass is 10.1. The van der Waals surface area contributed by atoms with Crippen molar-refractivity contribution in [3.63, 3.8) is 0 Å². The van der Waals surface area contributed by atoms with Crippen molar-refractivity contribution in [1.82, 2.24) is 4.90 Å². The van der Waals surface area contributed by atoms with Crippen LogP contribution in [0.1, 0.15) is 24.5 Å². The second-order valence-electron chi connectivity index (χ2n) is 4.02. The molecule has 4 nitrogen and oxygen atoms in total. The zero-order valence-electron chi connectivity index (χ0n) is 10.8. The van der Waals surface area contributed by atoms with Crippen LogP contribution >= 0.6 is 0 Å². The third-order valence-electron chi connectivity index (χ3n) is 2.63. The Bertz CT molecular complexity index is 471. The van der Waals surface area contributed by atoms with Gasteiger partial charge in [-0.2, -0.15) is 10.5 Å². The molecular weight excluding hydrogens is 226 g/mol. The molecule has 0 heterocycles. The van der Waals surface area contributed by atoms with Crippen LogP contribution in [0.2, 0.25) is 0 Å². The van der Waals surface area contributed by atoms with Crippen LogP contribution in [0, 0.1) is 22.7 Å². The molecule has 18 heavy (non-hydrogen) atoms. The van der Waals surface area contributed by atoms with E-state index in [1.54, 1.807) is 13.2 Å². The molecule has 0 aliphatic heterocycles. The number of rotatable bonds is 6. The zero-order valence-corrected chi connectivity index (χ0v) is 10.8. The third-order valence-corrected chi connectivity index (χ3v) is 2.63. The van der Waals surface area contributed by atoms with Gasteiger partial charge in [0, 0.05) is 6.54 Å². The molecule has 0 aliphatic rings. The molecule has 0 unspecified atom stereocenters. The van der Waals surface area contributed by atoms with Crippen molar-refractivity contribution in [3.8, 4) is 17.9 Å². The summed E-state index contributed by atoms with van der Waals surface area (Å²) in [7, 11) is 1.55. The standard InChI is InChI=1S/C14H17N3O/c1-3-7-17(8-6-15)11-12-4-5-13(10-16)14(9-12)18-2/h4-5,9H,3,7-8,11H2,1-2H3. The Morgan fingerprint density at radius 1 is 1.33 bits per heavy atom. The van der Waals surface area contributed by atoms with E-state index in [1.807, 2.05) is 12.1 Å². The Balaban J connectivity index is 2.84. The Hall–Kier alpha value is -2.04. The van der Waals surface area contributed by atoms with Gasteiger partial charge in [0.15, 0.2) is 0 Å². The van der Waals surface area contributed by atoms with Gasteiger partial charge in [-0.25, -0.2) is 0 Å². The molecule has 0 atom stereocenters. The minimum Gasteiger partial charge on any atom is -0.495 e. The lowest BCUT2D eigenvalue weighted by molar-refractivity contribution is 0.298. The molecule has 0 saturated carbocycles. The molecular formula is C14H17N3O. The summed E-state index contributed by atoms with van der Waals surface area (Å²) in [6, 6.07) is 9.77. The first-order chi connectivity index (χ1) is 8.74. The molecule has 0 aliphatic carbocycles. The average molecular weight is 243 g/mol. The maximum Gasteiger partial charge on any atom is 0.136 e. The highest BCUT2D eigenvalue weighted by Crippen LogP contribution is 2.20. The molecule has 0 bridgehead atoms. The van der Waals surface area contributed by atoms with Crippen LogP contribution in [-0.2, 0) is 6.54 Å². The van der Waals surface area contributed by atoms with Gasteiger partial charge in [0.05, 0.1) is 25.3 Å². The molecule has 0 radical (unpaired) electrons. The van der Waals surface area contributed by atoms with Crippen LogP contribution in [-0.4, -0.2) is 25.1 Å². The fourth-order valence-electron chi connectivity index (χ4n) is 1.81. The van der Waals surface area contributed by atoms with Crippen molar-refractivity contribution < 1.29 is 4.74 Å². The van der Waals surface area contributed by atoms with Gasteiger partial charge in [0.25, 0.3) is 0 Å². The highest BCUT2D eigenvalue weighted by Gasteiger charge is 2.08. The van der Waals surface area contributed by atoms with Crippen LogP contribution in [0.3, 0.4) is 0 Å². The number of nitrogens with zero attached hydrogens (tertiary/aromatic N) is 3. The van der Waals surface area contributed by atoms with E-state index in [9.17, 15) is 0 Å². The third kappa shape index (κ3) is 3.76. The van der Waals surface area contributed by atoms with E-state index in [0.717, 1.165) is 18.5 Å². The molecule has 94 valence electrons. The normalized spacial score (nSPS) is 9.83. The first kappa shape index (κ1) is 14.0. The van der Waals surface area contributed by atoms with Crippen LogP contribution < -0.4 is 4.74 Å². The highest BCUT2D eigenvalue weighted by atomic mass is 16.5. The van der Waals surface area contributed by atoms with E-state index >= 15 is 0 Å². The molecule has 0 spiro atoms. The first-order valence-corrected chi connectivity index (χ1v) is 5.91. The lowest BCUT2D eigenvalue weighted by Gasteiger charge is -2.18. The Morgan fingerprint density at radius 2 is 2.11 bits per heavy atom. The predicted molar refractivity (Wildman–Crippen MR) is 68.9 cm³/mol. The maximum atomic E-state index is 8.91. The van der Waals surface area contributed by atoms with Crippen molar-refractivity contribution in [2.45, 2.75) is 19.9 Å². The van der Waals surface area contributed by atoms with Crippen molar-refractivity contribution in [2.24, 2.45) is 0 Å². The van der Waals surface area contributed by atoms with Gasteiger partial charge < -0.3 is 4.74 Å². The Kier molecular flexibility index (Phi) is 5.70. The van der Waals surface area contributed by atoms with Crippen molar-refractivity contribution >= 4 is 0 Å². The smallest absolute Gasteiger partial charge is 0.136 e. The monoisotopic (exact) mass is 243 g/mol. The molecule has 1 aromatic rings. The average Bonchev–Trinajstić information content (AvgIpc) is 2.39. The summed E-state index contributed by atoms with van der Waals surface area (Å²) >= 11 is 0. The number of hydrogen-bond acceptors (Lipinski definition) is 4. The summed E-state index contributed by atoms with van der Waals surface area (Å²) in [5.41, 5.74) is 1.58. The second-order valence-corrected chi connectivity index (χ2v) is 4.02. The molecule has 0 aromatic heterocycles.